The normalized spacial score (nSPS) is 12.2. The van der Waals surface area contributed by atoms with Gasteiger partial charge in [0.05, 0.1) is 5.69 Å². The number of anilines is 1. The summed E-state index contributed by atoms with van der Waals surface area (Å²) < 4.78 is 16.4. The molecule has 0 radical (unpaired) electrons. The average molecular weight is 349 g/mol. The van der Waals surface area contributed by atoms with Crippen molar-refractivity contribution >= 4 is 5.82 Å². The summed E-state index contributed by atoms with van der Waals surface area (Å²) in [6, 6.07) is 11.0. The second-order valence-corrected chi connectivity index (χ2v) is 5.82. The number of nitrogen functional groups attached to an aromatic ring is 1. The van der Waals surface area contributed by atoms with E-state index in [1.807, 2.05) is 25.1 Å². The number of fused-ring (bicyclic) bond motifs is 1. The Bertz CT molecular complexity index is 1050. The largest absolute Gasteiger partial charge is 0.459 e. The molecule has 0 amide bonds. The molecule has 7 nitrogen and oxygen atoms in total. The van der Waals surface area contributed by atoms with Crippen LogP contribution in [-0.4, -0.2) is 16.9 Å². The molecule has 7 heteroatoms. The Labute approximate surface area is 149 Å². The van der Waals surface area contributed by atoms with Crippen LogP contribution < -0.4 is 15.2 Å². The lowest BCUT2D eigenvalue weighted by atomic mass is 9.96. The van der Waals surface area contributed by atoms with Gasteiger partial charge in [-0.3, -0.25) is 0 Å². The van der Waals surface area contributed by atoms with E-state index in [-0.39, 0.29) is 24.8 Å². The molecule has 0 atom stereocenters. The molecule has 26 heavy (non-hydrogen) atoms. The van der Waals surface area contributed by atoms with Crippen molar-refractivity contribution in [2.45, 2.75) is 13.5 Å². The number of hydrogen-bond donors (Lipinski definition) is 2. The summed E-state index contributed by atoms with van der Waals surface area (Å²) in [6.45, 7) is 1.81. The van der Waals surface area contributed by atoms with Gasteiger partial charge >= 0.3 is 0 Å². The van der Waals surface area contributed by atoms with Crippen LogP contribution in [0.4, 0.5) is 5.82 Å². The highest BCUT2D eigenvalue weighted by Gasteiger charge is 2.22. The SMILES string of the molecule is Cc1c(-c2ccc3c(c2)OCO3)nc(N)c(C#N)c1-c1ccc(CO)o1. The number of benzene rings is 1. The molecule has 0 bridgehead atoms. The minimum atomic E-state index is -0.226. The highest BCUT2D eigenvalue weighted by Crippen LogP contribution is 2.40. The first-order valence-corrected chi connectivity index (χ1v) is 7.92. The zero-order chi connectivity index (χ0) is 18.3. The molecule has 130 valence electrons. The van der Waals surface area contributed by atoms with Crippen molar-refractivity contribution in [3.8, 4) is 40.1 Å². The molecule has 0 spiro atoms. The number of aliphatic hydroxyl groups excluding tert-OH is 1. The minimum absolute atomic E-state index is 0.114. The van der Waals surface area contributed by atoms with Crippen molar-refractivity contribution in [3.63, 3.8) is 0 Å². The zero-order valence-corrected chi connectivity index (χ0v) is 13.9. The van der Waals surface area contributed by atoms with Gasteiger partial charge in [-0.15, -0.1) is 0 Å². The second kappa shape index (κ2) is 6.10. The van der Waals surface area contributed by atoms with E-state index < -0.39 is 0 Å². The number of pyridine rings is 1. The zero-order valence-electron chi connectivity index (χ0n) is 13.9. The Morgan fingerprint density at radius 1 is 1.23 bits per heavy atom. The van der Waals surface area contributed by atoms with Crippen LogP contribution in [-0.2, 0) is 6.61 Å². The Morgan fingerprint density at radius 2 is 2.04 bits per heavy atom. The summed E-state index contributed by atoms with van der Waals surface area (Å²) in [4.78, 5) is 4.42. The minimum Gasteiger partial charge on any atom is -0.459 e. The lowest BCUT2D eigenvalue weighted by molar-refractivity contribution is 0.174. The highest BCUT2D eigenvalue weighted by atomic mass is 16.7. The van der Waals surface area contributed by atoms with Crippen molar-refractivity contribution in [1.29, 1.82) is 5.26 Å². The van der Waals surface area contributed by atoms with E-state index in [0.29, 0.717) is 34.3 Å². The number of aliphatic hydroxyl groups is 1. The first-order chi connectivity index (χ1) is 12.6. The van der Waals surface area contributed by atoms with E-state index in [1.165, 1.54) is 0 Å². The maximum Gasteiger partial charge on any atom is 0.231 e. The molecule has 3 N–H and O–H groups in total. The number of nitriles is 1. The number of nitrogens with two attached hydrogens (primary N) is 1. The number of ether oxygens (including phenoxy) is 2. The second-order valence-electron chi connectivity index (χ2n) is 5.82. The monoisotopic (exact) mass is 349 g/mol. The molecule has 0 unspecified atom stereocenters. The Morgan fingerprint density at radius 3 is 2.77 bits per heavy atom. The van der Waals surface area contributed by atoms with Crippen molar-refractivity contribution in [3.05, 3.63) is 47.2 Å². The smallest absolute Gasteiger partial charge is 0.231 e. The molecule has 1 aromatic carbocycles. The standard InChI is InChI=1S/C19H15N3O4/c1-10-17(15-5-3-12(8-23)26-15)13(7-20)19(21)22-18(10)11-2-4-14-16(6-11)25-9-24-14/h2-6,23H,8-9H2,1H3,(H2,21,22). The molecule has 4 rings (SSSR count). The van der Waals surface area contributed by atoms with Crippen LogP contribution in [0.1, 0.15) is 16.9 Å². The van der Waals surface area contributed by atoms with Crippen LogP contribution in [0.25, 0.3) is 22.6 Å². The van der Waals surface area contributed by atoms with Crippen molar-refractivity contribution in [2.75, 3.05) is 12.5 Å². The third kappa shape index (κ3) is 2.44. The van der Waals surface area contributed by atoms with Crippen LogP contribution in [0.2, 0.25) is 0 Å². The summed E-state index contributed by atoms with van der Waals surface area (Å²) in [5.41, 5.74) is 9.01. The van der Waals surface area contributed by atoms with E-state index in [2.05, 4.69) is 11.1 Å². The number of nitrogens with zero attached hydrogens (tertiary/aromatic N) is 2. The Hall–Kier alpha value is -3.50. The van der Waals surface area contributed by atoms with Crippen LogP contribution in [0.5, 0.6) is 11.5 Å². The van der Waals surface area contributed by atoms with Crippen LogP contribution in [0.15, 0.2) is 34.7 Å². The number of furan rings is 1. The summed E-state index contributed by atoms with van der Waals surface area (Å²) in [5.74, 6) is 2.28. The molecule has 0 saturated carbocycles. The summed E-state index contributed by atoms with van der Waals surface area (Å²) >= 11 is 0. The number of rotatable bonds is 3. The third-order valence-electron chi connectivity index (χ3n) is 4.29. The molecule has 1 aliphatic heterocycles. The van der Waals surface area contributed by atoms with Crippen molar-refractivity contribution < 1.29 is 19.0 Å². The fourth-order valence-corrected chi connectivity index (χ4v) is 3.04. The van der Waals surface area contributed by atoms with Gasteiger partial charge in [0.2, 0.25) is 6.79 Å². The van der Waals surface area contributed by atoms with E-state index in [4.69, 9.17) is 19.6 Å². The summed E-state index contributed by atoms with van der Waals surface area (Å²) in [6.07, 6.45) is 0. The first kappa shape index (κ1) is 16.0. The summed E-state index contributed by atoms with van der Waals surface area (Å²) in [5, 5.41) is 18.8. The van der Waals surface area contributed by atoms with Gasteiger partial charge in [0.25, 0.3) is 0 Å². The molecule has 3 aromatic rings. The van der Waals surface area contributed by atoms with Gasteiger partial charge in [0.1, 0.15) is 35.6 Å². The fourth-order valence-electron chi connectivity index (χ4n) is 3.04. The lowest BCUT2D eigenvalue weighted by Gasteiger charge is -2.13. The number of aromatic nitrogens is 1. The van der Waals surface area contributed by atoms with Crippen LogP contribution >= 0.6 is 0 Å². The van der Waals surface area contributed by atoms with E-state index in [1.54, 1.807) is 12.1 Å². The topological polar surface area (TPSA) is 115 Å². The molecule has 3 heterocycles. The molecule has 2 aromatic heterocycles. The van der Waals surface area contributed by atoms with E-state index in [9.17, 15) is 10.4 Å². The maximum absolute atomic E-state index is 9.54. The van der Waals surface area contributed by atoms with E-state index >= 15 is 0 Å². The Kier molecular flexibility index (Phi) is 3.75. The average Bonchev–Trinajstić information content (AvgIpc) is 3.31. The lowest BCUT2D eigenvalue weighted by Crippen LogP contribution is -2.03. The van der Waals surface area contributed by atoms with Gasteiger partial charge in [-0.05, 0) is 42.8 Å². The van der Waals surface area contributed by atoms with E-state index in [0.717, 1.165) is 11.1 Å². The van der Waals surface area contributed by atoms with Crippen LogP contribution in [0, 0.1) is 18.3 Å². The molecular formula is C19H15N3O4. The van der Waals surface area contributed by atoms with Gasteiger partial charge < -0.3 is 24.7 Å². The van der Waals surface area contributed by atoms with Gasteiger partial charge in [-0.2, -0.15) is 5.26 Å². The quantitative estimate of drug-likeness (QED) is 0.747. The van der Waals surface area contributed by atoms with Gasteiger partial charge in [-0.25, -0.2) is 4.98 Å². The van der Waals surface area contributed by atoms with Gasteiger partial charge in [0, 0.05) is 11.1 Å². The Balaban J connectivity index is 1.93. The molecule has 0 fully saturated rings. The maximum atomic E-state index is 9.54. The first-order valence-electron chi connectivity index (χ1n) is 7.92. The highest BCUT2D eigenvalue weighted by molar-refractivity contribution is 5.82. The van der Waals surface area contributed by atoms with Gasteiger partial charge in [-0.1, -0.05) is 0 Å². The van der Waals surface area contributed by atoms with Crippen LogP contribution in [0.3, 0.4) is 0 Å². The number of hydrogen-bond acceptors (Lipinski definition) is 7. The third-order valence-corrected chi connectivity index (χ3v) is 4.29. The van der Waals surface area contributed by atoms with Crippen molar-refractivity contribution in [1.82, 2.24) is 4.98 Å². The molecular weight excluding hydrogens is 334 g/mol. The molecule has 0 aliphatic carbocycles. The van der Waals surface area contributed by atoms with Gasteiger partial charge in [0.15, 0.2) is 11.5 Å². The van der Waals surface area contributed by atoms with Crippen molar-refractivity contribution in [2.24, 2.45) is 0 Å². The predicted molar refractivity (Wildman–Crippen MR) is 93.3 cm³/mol. The molecule has 1 aliphatic rings. The summed E-state index contributed by atoms with van der Waals surface area (Å²) in [7, 11) is 0. The predicted octanol–water partition coefficient (Wildman–Crippen LogP) is 2.99. The fraction of sp³-hybridized carbons (Fsp3) is 0.158. The molecule has 0 saturated heterocycles.